The summed E-state index contributed by atoms with van der Waals surface area (Å²) in [6, 6.07) is 12.8. The smallest absolute Gasteiger partial charge is 0.225 e. The van der Waals surface area contributed by atoms with Gasteiger partial charge in [0.1, 0.15) is 11.9 Å². The average Bonchev–Trinajstić information content (AvgIpc) is 3.30. The van der Waals surface area contributed by atoms with Crippen LogP contribution >= 0.6 is 23.2 Å². The van der Waals surface area contributed by atoms with Crippen LogP contribution < -0.4 is 15.0 Å². The number of benzene rings is 2. The summed E-state index contributed by atoms with van der Waals surface area (Å²) in [7, 11) is 0. The first-order valence-corrected chi connectivity index (χ1v) is 13.4. The van der Waals surface area contributed by atoms with Crippen LogP contribution in [-0.4, -0.2) is 60.8 Å². The molecule has 2 N–H and O–H groups in total. The van der Waals surface area contributed by atoms with Crippen molar-refractivity contribution in [1.29, 1.82) is 0 Å². The van der Waals surface area contributed by atoms with Gasteiger partial charge in [0.25, 0.3) is 0 Å². The normalized spacial score (nSPS) is 22.3. The molecule has 3 fully saturated rings. The molecule has 3 aliphatic rings. The molecule has 2 aromatic rings. The first kappa shape index (κ1) is 24.7. The minimum atomic E-state index is -0.860. The van der Waals surface area contributed by atoms with E-state index in [0.717, 1.165) is 57.4 Å². The molecule has 8 heteroatoms. The van der Waals surface area contributed by atoms with E-state index in [-0.39, 0.29) is 17.9 Å². The predicted molar refractivity (Wildman–Crippen MR) is 139 cm³/mol. The molecule has 1 amide bonds. The van der Waals surface area contributed by atoms with Gasteiger partial charge >= 0.3 is 0 Å². The standard InChI is InChI=1S/C27H33Cl2N3O3/c28-20-4-6-21(7-5-20)32-14-11-19(16-32)27(34)30-24(17-31-12-1-2-13-31)26(33)18-3-10-25(23(29)15-18)35-22-8-9-22/h3-7,10,15,19,22,24,26,33H,1-2,8-9,11-14,16-17H2,(H,30,34)/t19?,24-,26-/m1/s1. The summed E-state index contributed by atoms with van der Waals surface area (Å²) in [6.07, 6.45) is 4.58. The van der Waals surface area contributed by atoms with Gasteiger partial charge in [0.15, 0.2) is 0 Å². The third-order valence-electron chi connectivity index (χ3n) is 7.23. The molecule has 1 saturated carbocycles. The fourth-order valence-corrected chi connectivity index (χ4v) is 5.38. The fourth-order valence-electron chi connectivity index (χ4n) is 5.02. The van der Waals surface area contributed by atoms with Gasteiger partial charge in [0.05, 0.1) is 23.1 Å². The lowest BCUT2D eigenvalue weighted by Crippen LogP contribution is -2.48. The lowest BCUT2D eigenvalue weighted by Gasteiger charge is -2.30. The van der Waals surface area contributed by atoms with Gasteiger partial charge in [-0.1, -0.05) is 29.3 Å². The Balaban J connectivity index is 1.26. The summed E-state index contributed by atoms with van der Waals surface area (Å²) in [4.78, 5) is 17.8. The lowest BCUT2D eigenvalue weighted by atomic mass is 10.00. The molecule has 1 unspecified atom stereocenters. The molecule has 0 radical (unpaired) electrons. The number of rotatable bonds is 9. The largest absolute Gasteiger partial charge is 0.489 e. The Kier molecular flexibility index (Phi) is 7.73. The van der Waals surface area contributed by atoms with Crippen molar-refractivity contribution in [2.45, 2.75) is 50.4 Å². The Morgan fingerprint density at radius 2 is 1.80 bits per heavy atom. The van der Waals surface area contributed by atoms with E-state index in [1.54, 1.807) is 6.07 Å². The quantitative estimate of drug-likeness (QED) is 0.505. The summed E-state index contributed by atoms with van der Waals surface area (Å²) in [6.45, 7) is 4.05. The molecule has 0 aromatic heterocycles. The number of aliphatic hydroxyl groups excluding tert-OH is 1. The predicted octanol–water partition coefficient (Wildman–Crippen LogP) is 4.68. The Hall–Kier alpha value is -1.99. The van der Waals surface area contributed by atoms with Crippen molar-refractivity contribution in [3.8, 4) is 5.75 Å². The number of nitrogens with zero attached hydrogens (tertiary/aromatic N) is 2. The van der Waals surface area contributed by atoms with Crippen molar-refractivity contribution in [3.63, 3.8) is 0 Å². The zero-order valence-corrected chi connectivity index (χ0v) is 21.3. The number of amides is 1. The molecule has 2 aromatic carbocycles. The number of anilines is 1. The molecule has 5 rings (SSSR count). The minimum Gasteiger partial charge on any atom is -0.489 e. The van der Waals surface area contributed by atoms with Gasteiger partial charge in [-0.05, 0) is 87.2 Å². The molecule has 1 aliphatic carbocycles. The van der Waals surface area contributed by atoms with E-state index in [1.165, 1.54) is 0 Å². The molecule has 3 atom stereocenters. The Morgan fingerprint density at radius 3 is 2.49 bits per heavy atom. The molecule has 2 heterocycles. The number of carbonyl (C=O) groups is 1. The fraction of sp³-hybridized carbons (Fsp3) is 0.519. The van der Waals surface area contributed by atoms with Crippen molar-refractivity contribution in [3.05, 3.63) is 58.1 Å². The summed E-state index contributed by atoms with van der Waals surface area (Å²) < 4.78 is 5.84. The molecule has 2 aliphatic heterocycles. The highest BCUT2D eigenvalue weighted by Gasteiger charge is 2.33. The van der Waals surface area contributed by atoms with Crippen LogP contribution in [-0.2, 0) is 4.79 Å². The molecule has 6 nitrogen and oxygen atoms in total. The van der Waals surface area contributed by atoms with E-state index < -0.39 is 12.1 Å². The number of halogens is 2. The van der Waals surface area contributed by atoms with Crippen molar-refractivity contribution >= 4 is 34.8 Å². The van der Waals surface area contributed by atoms with Crippen molar-refractivity contribution in [1.82, 2.24) is 10.2 Å². The highest BCUT2D eigenvalue weighted by atomic mass is 35.5. The van der Waals surface area contributed by atoms with Crippen LogP contribution in [0.1, 0.15) is 43.8 Å². The Morgan fingerprint density at radius 1 is 1.06 bits per heavy atom. The maximum atomic E-state index is 13.3. The zero-order valence-electron chi connectivity index (χ0n) is 19.8. The monoisotopic (exact) mass is 517 g/mol. The number of nitrogens with one attached hydrogen (secondary N) is 1. The molecule has 0 spiro atoms. The molecular formula is C27H33Cl2N3O3. The highest BCUT2D eigenvalue weighted by molar-refractivity contribution is 6.32. The van der Waals surface area contributed by atoms with Crippen molar-refractivity contribution in [2.75, 3.05) is 37.6 Å². The topological polar surface area (TPSA) is 65.0 Å². The second-order valence-corrected chi connectivity index (χ2v) is 10.8. The van der Waals surface area contributed by atoms with E-state index in [2.05, 4.69) is 15.1 Å². The van der Waals surface area contributed by atoms with E-state index >= 15 is 0 Å². The number of likely N-dealkylation sites (tertiary alicyclic amines) is 1. The summed E-state index contributed by atoms with van der Waals surface area (Å²) in [5.41, 5.74) is 1.76. The van der Waals surface area contributed by atoms with Crippen LogP contribution in [0.25, 0.3) is 0 Å². The van der Waals surface area contributed by atoms with Gasteiger partial charge in [-0.25, -0.2) is 0 Å². The van der Waals surface area contributed by atoms with Gasteiger partial charge in [0.2, 0.25) is 5.91 Å². The summed E-state index contributed by atoms with van der Waals surface area (Å²) >= 11 is 12.5. The molecule has 35 heavy (non-hydrogen) atoms. The van der Waals surface area contributed by atoms with Gasteiger partial charge in [0, 0.05) is 30.3 Å². The van der Waals surface area contributed by atoms with Gasteiger partial charge in [-0.15, -0.1) is 0 Å². The van der Waals surface area contributed by atoms with Crippen molar-refractivity contribution in [2.24, 2.45) is 5.92 Å². The maximum Gasteiger partial charge on any atom is 0.225 e. The molecular weight excluding hydrogens is 485 g/mol. The van der Waals surface area contributed by atoms with Crippen LogP contribution in [0.15, 0.2) is 42.5 Å². The SMILES string of the molecule is O=C(N[C@H](CN1CCCC1)[C@H](O)c1ccc(OC2CC2)c(Cl)c1)C1CCN(c2ccc(Cl)cc2)C1. The van der Waals surface area contributed by atoms with Crippen LogP contribution in [0, 0.1) is 5.92 Å². The molecule has 188 valence electrons. The van der Waals surface area contributed by atoms with Crippen LogP contribution in [0.4, 0.5) is 5.69 Å². The van der Waals surface area contributed by atoms with E-state index in [9.17, 15) is 9.90 Å². The van der Waals surface area contributed by atoms with Crippen LogP contribution in [0.3, 0.4) is 0 Å². The summed E-state index contributed by atoms with van der Waals surface area (Å²) in [5.74, 6) is 0.514. The third-order valence-corrected chi connectivity index (χ3v) is 7.78. The lowest BCUT2D eigenvalue weighted by molar-refractivity contribution is -0.126. The van der Waals surface area contributed by atoms with E-state index in [1.807, 2.05) is 36.4 Å². The zero-order chi connectivity index (χ0) is 24.4. The van der Waals surface area contributed by atoms with E-state index in [4.69, 9.17) is 27.9 Å². The van der Waals surface area contributed by atoms with Gasteiger partial charge in [-0.2, -0.15) is 0 Å². The number of hydrogen-bond acceptors (Lipinski definition) is 5. The number of aliphatic hydroxyl groups is 1. The first-order chi connectivity index (χ1) is 17.0. The maximum absolute atomic E-state index is 13.3. The molecule has 2 saturated heterocycles. The average molecular weight is 518 g/mol. The number of carbonyl (C=O) groups excluding carboxylic acids is 1. The van der Waals surface area contributed by atoms with Crippen molar-refractivity contribution < 1.29 is 14.6 Å². The Labute approximate surface area is 217 Å². The molecule has 0 bridgehead atoms. The third kappa shape index (κ3) is 6.23. The van der Waals surface area contributed by atoms with E-state index in [0.29, 0.717) is 34.4 Å². The highest BCUT2D eigenvalue weighted by Crippen LogP contribution is 2.34. The van der Waals surface area contributed by atoms with Crippen LogP contribution in [0.2, 0.25) is 10.0 Å². The second kappa shape index (κ2) is 11.0. The minimum absolute atomic E-state index is 0.00973. The summed E-state index contributed by atoms with van der Waals surface area (Å²) in [5, 5.41) is 15.7. The number of hydrogen-bond donors (Lipinski definition) is 2. The van der Waals surface area contributed by atoms with Gasteiger partial charge < -0.3 is 25.0 Å². The Bertz CT molecular complexity index is 1020. The number of ether oxygens (including phenoxy) is 1. The second-order valence-electron chi connectivity index (χ2n) is 9.98. The van der Waals surface area contributed by atoms with Crippen LogP contribution in [0.5, 0.6) is 5.75 Å². The first-order valence-electron chi connectivity index (χ1n) is 12.6. The van der Waals surface area contributed by atoms with Gasteiger partial charge in [-0.3, -0.25) is 4.79 Å².